The van der Waals surface area contributed by atoms with Gasteiger partial charge in [0.25, 0.3) is 11.5 Å². The van der Waals surface area contributed by atoms with Crippen molar-refractivity contribution in [2.45, 2.75) is 40.7 Å². The van der Waals surface area contributed by atoms with Crippen LogP contribution in [0.4, 0.5) is 5.69 Å². The summed E-state index contributed by atoms with van der Waals surface area (Å²) in [6.45, 7) is 8.47. The van der Waals surface area contributed by atoms with E-state index in [4.69, 9.17) is 0 Å². The molecule has 0 spiro atoms. The first-order valence-corrected chi connectivity index (χ1v) is 9.52. The van der Waals surface area contributed by atoms with Crippen molar-refractivity contribution >= 4 is 22.5 Å². The fourth-order valence-corrected chi connectivity index (χ4v) is 3.26. The lowest BCUT2D eigenvalue weighted by Crippen LogP contribution is -2.30. The lowest BCUT2D eigenvalue weighted by Gasteiger charge is -2.16. The van der Waals surface area contributed by atoms with Crippen LogP contribution in [0.2, 0.25) is 0 Å². The minimum Gasteiger partial charge on any atom is -0.506 e. The number of pyridine rings is 1. The van der Waals surface area contributed by atoms with Gasteiger partial charge in [-0.1, -0.05) is 38.1 Å². The first-order chi connectivity index (χ1) is 13.3. The van der Waals surface area contributed by atoms with Gasteiger partial charge in [-0.3, -0.25) is 9.59 Å². The number of carbonyl (C=O) groups excluding carboxylic acids is 1. The van der Waals surface area contributed by atoms with E-state index in [2.05, 4.69) is 19.2 Å². The van der Waals surface area contributed by atoms with Crippen LogP contribution < -0.4 is 10.9 Å². The maximum absolute atomic E-state index is 13.1. The first-order valence-electron chi connectivity index (χ1n) is 9.52. The molecule has 0 aliphatic rings. The molecule has 0 aliphatic heterocycles. The number of fused-ring (bicyclic) bond motifs is 1. The number of benzene rings is 2. The Morgan fingerprint density at radius 1 is 1.14 bits per heavy atom. The summed E-state index contributed by atoms with van der Waals surface area (Å²) in [5, 5.41) is 14.0. The smallest absolute Gasteiger partial charge is 0.267 e. The fraction of sp³-hybridized carbons (Fsp3) is 0.304. The van der Waals surface area contributed by atoms with Gasteiger partial charge in [-0.05, 0) is 55.5 Å². The molecule has 0 atom stereocenters. The molecular weight excluding hydrogens is 352 g/mol. The molecule has 0 fully saturated rings. The van der Waals surface area contributed by atoms with Crippen LogP contribution in [-0.2, 0) is 6.54 Å². The van der Waals surface area contributed by atoms with Crippen molar-refractivity contribution in [2.24, 2.45) is 5.92 Å². The summed E-state index contributed by atoms with van der Waals surface area (Å²) >= 11 is 0. The standard InChI is InChI=1S/C23H26N2O3/c1-14(2)11-12-25-19-8-6-5-7-17(19)21(26)20(23(25)28)22(27)24-18-13-15(3)9-10-16(18)4/h5-10,13-14,26H,11-12H2,1-4H3,(H,24,27). The van der Waals surface area contributed by atoms with Gasteiger partial charge in [0.2, 0.25) is 0 Å². The summed E-state index contributed by atoms with van der Waals surface area (Å²) in [6, 6.07) is 12.8. The molecule has 0 unspecified atom stereocenters. The third kappa shape index (κ3) is 3.79. The minimum absolute atomic E-state index is 0.219. The Bertz CT molecular complexity index is 1100. The highest BCUT2D eigenvalue weighted by Gasteiger charge is 2.22. The molecule has 1 heterocycles. The normalized spacial score (nSPS) is 11.2. The van der Waals surface area contributed by atoms with E-state index >= 15 is 0 Å². The molecule has 0 bridgehead atoms. The van der Waals surface area contributed by atoms with Crippen molar-refractivity contribution in [1.82, 2.24) is 4.57 Å². The third-order valence-corrected chi connectivity index (χ3v) is 4.94. The van der Waals surface area contributed by atoms with Gasteiger partial charge in [-0.15, -0.1) is 0 Å². The monoisotopic (exact) mass is 378 g/mol. The van der Waals surface area contributed by atoms with Gasteiger partial charge >= 0.3 is 0 Å². The Morgan fingerprint density at radius 3 is 2.57 bits per heavy atom. The maximum Gasteiger partial charge on any atom is 0.267 e. The van der Waals surface area contributed by atoms with Crippen LogP contribution in [0.3, 0.4) is 0 Å². The molecule has 0 saturated heterocycles. The number of para-hydroxylation sites is 1. The highest BCUT2D eigenvalue weighted by Crippen LogP contribution is 2.27. The number of hydrogen-bond acceptors (Lipinski definition) is 3. The van der Waals surface area contributed by atoms with Crippen LogP contribution in [0.1, 0.15) is 41.8 Å². The van der Waals surface area contributed by atoms with Crippen molar-refractivity contribution in [2.75, 3.05) is 5.32 Å². The average molecular weight is 378 g/mol. The molecule has 1 aromatic heterocycles. The van der Waals surface area contributed by atoms with E-state index in [1.54, 1.807) is 22.8 Å². The summed E-state index contributed by atoms with van der Waals surface area (Å²) in [5.41, 5.74) is 2.46. The van der Waals surface area contributed by atoms with Crippen molar-refractivity contribution < 1.29 is 9.90 Å². The number of aromatic hydroxyl groups is 1. The molecule has 146 valence electrons. The van der Waals surface area contributed by atoms with Crippen molar-refractivity contribution in [3.05, 3.63) is 69.5 Å². The molecule has 5 heteroatoms. The highest BCUT2D eigenvalue weighted by atomic mass is 16.3. The van der Waals surface area contributed by atoms with E-state index in [1.165, 1.54) is 0 Å². The summed E-state index contributed by atoms with van der Waals surface area (Å²) in [4.78, 5) is 26.1. The average Bonchev–Trinajstić information content (AvgIpc) is 2.64. The van der Waals surface area contributed by atoms with Crippen LogP contribution in [0, 0.1) is 19.8 Å². The molecule has 0 saturated carbocycles. The summed E-state index contributed by atoms with van der Waals surface area (Å²) in [6.07, 6.45) is 0.798. The predicted molar refractivity (Wildman–Crippen MR) is 113 cm³/mol. The van der Waals surface area contributed by atoms with Gasteiger partial charge in [0, 0.05) is 17.6 Å². The molecule has 0 aliphatic carbocycles. The minimum atomic E-state index is -0.597. The highest BCUT2D eigenvalue weighted by molar-refractivity contribution is 6.09. The van der Waals surface area contributed by atoms with Gasteiger partial charge in [0.05, 0.1) is 5.52 Å². The molecule has 0 radical (unpaired) electrons. The number of carbonyl (C=O) groups is 1. The van der Waals surface area contributed by atoms with Crippen LogP contribution in [0.25, 0.3) is 10.9 Å². The van der Waals surface area contributed by atoms with Crippen LogP contribution in [0.15, 0.2) is 47.3 Å². The molecule has 2 N–H and O–H groups in total. The Morgan fingerprint density at radius 2 is 1.86 bits per heavy atom. The molecule has 28 heavy (non-hydrogen) atoms. The quantitative estimate of drug-likeness (QED) is 0.680. The molecular formula is C23H26N2O3. The van der Waals surface area contributed by atoms with E-state index < -0.39 is 11.5 Å². The fourth-order valence-electron chi connectivity index (χ4n) is 3.26. The van der Waals surface area contributed by atoms with Gasteiger partial charge in [-0.2, -0.15) is 0 Å². The zero-order chi connectivity index (χ0) is 20.4. The van der Waals surface area contributed by atoms with Crippen LogP contribution in [-0.4, -0.2) is 15.6 Å². The van der Waals surface area contributed by atoms with Crippen molar-refractivity contribution in [3.8, 4) is 5.75 Å². The molecule has 3 rings (SSSR count). The van der Waals surface area contributed by atoms with Crippen molar-refractivity contribution in [3.63, 3.8) is 0 Å². The zero-order valence-corrected chi connectivity index (χ0v) is 16.7. The molecule has 3 aromatic rings. The second-order valence-electron chi connectivity index (χ2n) is 7.65. The first kappa shape index (κ1) is 19.7. The number of amides is 1. The van der Waals surface area contributed by atoms with Gasteiger partial charge in [0.15, 0.2) is 0 Å². The Balaban J connectivity index is 2.13. The van der Waals surface area contributed by atoms with Gasteiger partial charge < -0.3 is 15.0 Å². The summed E-state index contributed by atoms with van der Waals surface area (Å²) < 4.78 is 1.59. The number of aromatic nitrogens is 1. The molecule has 5 nitrogen and oxygen atoms in total. The second kappa shape index (κ2) is 7.89. The van der Waals surface area contributed by atoms with E-state index in [0.717, 1.165) is 17.5 Å². The van der Waals surface area contributed by atoms with E-state index in [9.17, 15) is 14.7 Å². The Labute approximate surface area is 164 Å². The number of rotatable bonds is 5. The summed E-state index contributed by atoms with van der Waals surface area (Å²) in [5.74, 6) is -0.462. The number of hydrogen-bond donors (Lipinski definition) is 2. The van der Waals surface area contributed by atoms with E-state index in [-0.39, 0.29) is 11.3 Å². The lowest BCUT2D eigenvalue weighted by molar-refractivity contribution is 0.102. The number of nitrogens with zero attached hydrogens (tertiary/aromatic N) is 1. The third-order valence-electron chi connectivity index (χ3n) is 4.94. The largest absolute Gasteiger partial charge is 0.506 e. The Kier molecular flexibility index (Phi) is 5.54. The second-order valence-corrected chi connectivity index (χ2v) is 7.65. The number of anilines is 1. The van der Waals surface area contributed by atoms with Gasteiger partial charge in [-0.25, -0.2) is 0 Å². The SMILES string of the molecule is Cc1ccc(C)c(NC(=O)c2c(O)c3ccccc3n(CCC(C)C)c2=O)c1. The molecule has 2 aromatic carbocycles. The predicted octanol–water partition coefficient (Wildman–Crippen LogP) is 4.62. The number of nitrogens with one attached hydrogen (secondary N) is 1. The summed E-state index contributed by atoms with van der Waals surface area (Å²) in [7, 11) is 0. The number of aryl methyl sites for hydroxylation is 3. The lowest BCUT2D eigenvalue weighted by atomic mass is 10.1. The van der Waals surface area contributed by atoms with Crippen molar-refractivity contribution in [1.29, 1.82) is 0 Å². The van der Waals surface area contributed by atoms with Crippen LogP contribution in [0.5, 0.6) is 5.75 Å². The maximum atomic E-state index is 13.1. The van der Waals surface area contributed by atoms with E-state index in [0.29, 0.717) is 29.1 Å². The topological polar surface area (TPSA) is 71.3 Å². The van der Waals surface area contributed by atoms with Gasteiger partial charge in [0.1, 0.15) is 11.3 Å². The van der Waals surface area contributed by atoms with E-state index in [1.807, 2.05) is 38.1 Å². The molecule has 1 amide bonds. The van der Waals surface area contributed by atoms with Crippen LogP contribution >= 0.6 is 0 Å². The zero-order valence-electron chi connectivity index (χ0n) is 16.7. The Hall–Kier alpha value is -3.08.